The van der Waals surface area contributed by atoms with E-state index < -0.39 is 0 Å². The van der Waals surface area contributed by atoms with Crippen LogP contribution in [0.15, 0.2) is 85.1 Å². The fourth-order valence-electron chi connectivity index (χ4n) is 3.54. The fraction of sp³-hybridized carbons (Fsp3) is 0.0435. The summed E-state index contributed by atoms with van der Waals surface area (Å²) in [5.41, 5.74) is 3.25. The first-order valence-corrected chi connectivity index (χ1v) is 8.88. The van der Waals surface area contributed by atoms with Crippen LogP contribution in [0.2, 0.25) is 0 Å². The number of hydrogen-bond acceptors (Lipinski definition) is 2. The molecule has 4 heteroatoms. The number of hydrogen-bond donors (Lipinski definition) is 0. The standard InChI is InChI=1S/C23H17N3O/c1-16-13-14-25-24-21(20-12-11-17-7-5-6-10-19(17)15-20)22(26(16)25)23(27)18-8-3-2-4-9-18/h2-15H,1H3. The molecule has 0 saturated carbocycles. The second-order valence-corrected chi connectivity index (χ2v) is 6.64. The molecule has 0 N–H and O–H groups in total. The average Bonchev–Trinajstić information content (AvgIpc) is 3.27. The topological polar surface area (TPSA) is 44.5 Å². The summed E-state index contributed by atoms with van der Waals surface area (Å²) in [5.74, 6) is -0.0342. The molecule has 3 aromatic carbocycles. The molecule has 0 bridgehead atoms. The molecule has 2 aromatic heterocycles. The molecule has 0 fully saturated rings. The number of fused-ring (bicyclic) bond motifs is 2. The first-order valence-electron chi connectivity index (χ1n) is 8.88. The zero-order valence-corrected chi connectivity index (χ0v) is 14.8. The minimum Gasteiger partial charge on any atom is -0.869 e. The van der Waals surface area contributed by atoms with Crippen LogP contribution in [0, 0.1) is 6.92 Å². The van der Waals surface area contributed by atoms with E-state index in [1.54, 1.807) is 4.63 Å². The third kappa shape index (κ3) is 2.46. The summed E-state index contributed by atoms with van der Waals surface area (Å²) in [6.07, 6.45) is 1.88. The minimum absolute atomic E-state index is 0.0342. The van der Waals surface area contributed by atoms with Gasteiger partial charge in [-0.1, -0.05) is 60.7 Å². The first kappa shape index (κ1) is 15.6. The van der Waals surface area contributed by atoms with Crippen molar-refractivity contribution < 1.29 is 9.62 Å². The van der Waals surface area contributed by atoms with E-state index in [0.717, 1.165) is 16.6 Å². The summed E-state index contributed by atoms with van der Waals surface area (Å²) in [7, 11) is 0. The van der Waals surface area contributed by atoms with Crippen molar-refractivity contribution in [2.24, 2.45) is 0 Å². The Morgan fingerprint density at radius 2 is 1.63 bits per heavy atom. The molecule has 0 radical (unpaired) electrons. The molecule has 4 nitrogen and oxygen atoms in total. The van der Waals surface area contributed by atoms with Crippen molar-refractivity contribution in [1.29, 1.82) is 0 Å². The third-order valence-electron chi connectivity index (χ3n) is 4.90. The minimum atomic E-state index is -0.0342. The van der Waals surface area contributed by atoms with Gasteiger partial charge in [-0.05, 0) is 38.9 Å². The van der Waals surface area contributed by atoms with Gasteiger partial charge in [0.1, 0.15) is 5.69 Å². The predicted molar refractivity (Wildman–Crippen MR) is 103 cm³/mol. The van der Waals surface area contributed by atoms with E-state index in [4.69, 9.17) is 5.10 Å². The molecule has 0 aliphatic carbocycles. The van der Waals surface area contributed by atoms with Gasteiger partial charge in [-0.3, -0.25) is 0 Å². The lowest BCUT2D eigenvalue weighted by molar-refractivity contribution is -0.638. The summed E-state index contributed by atoms with van der Waals surface area (Å²) in [4.78, 5) is 0. The molecule has 0 amide bonds. The molecule has 130 valence electrons. The summed E-state index contributed by atoms with van der Waals surface area (Å²) < 4.78 is 3.61. The smallest absolute Gasteiger partial charge is 0.256 e. The number of nitrogens with zero attached hydrogens (tertiary/aromatic N) is 3. The lowest BCUT2D eigenvalue weighted by Gasteiger charge is -2.09. The highest BCUT2D eigenvalue weighted by Crippen LogP contribution is 2.21. The Balaban J connectivity index is 1.88. The molecule has 0 atom stereocenters. The molecule has 27 heavy (non-hydrogen) atoms. The van der Waals surface area contributed by atoms with Crippen LogP contribution in [0.5, 0.6) is 0 Å². The second kappa shape index (κ2) is 5.95. The number of rotatable bonds is 2. The second-order valence-electron chi connectivity index (χ2n) is 6.64. The molecule has 0 unspecified atom stereocenters. The first-order chi connectivity index (χ1) is 13.2. The molecule has 0 spiro atoms. The van der Waals surface area contributed by atoms with E-state index in [2.05, 4.69) is 24.3 Å². The van der Waals surface area contributed by atoms with Crippen LogP contribution in [-0.4, -0.2) is 9.73 Å². The summed E-state index contributed by atoms with van der Waals surface area (Å²) in [6.45, 7) is 1.98. The summed E-state index contributed by atoms with van der Waals surface area (Å²) >= 11 is 0. The van der Waals surface area contributed by atoms with Crippen molar-refractivity contribution in [3.8, 4) is 11.3 Å². The van der Waals surface area contributed by atoms with Crippen LogP contribution in [0.3, 0.4) is 0 Å². The maximum absolute atomic E-state index is 13.4. The van der Waals surface area contributed by atoms with E-state index >= 15 is 0 Å². The van der Waals surface area contributed by atoms with E-state index in [0.29, 0.717) is 16.6 Å². The Bertz CT molecular complexity index is 1340. The Labute approximate surface area is 156 Å². The van der Waals surface area contributed by atoms with Crippen molar-refractivity contribution in [3.63, 3.8) is 0 Å². The van der Waals surface area contributed by atoms with Crippen LogP contribution in [0.25, 0.3) is 27.8 Å². The fourth-order valence-corrected chi connectivity index (χ4v) is 3.54. The van der Waals surface area contributed by atoms with Gasteiger partial charge < -0.3 is 5.11 Å². The largest absolute Gasteiger partial charge is 0.869 e. The van der Waals surface area contributed by atoms with E-state index in [9.17, 15) is 5.11 Å². The molecule has 2 heterocycles. The molecule has 0 saturated heterocycles. The van der Waals surface area contributed by atoms with Gasteiger partial charge in [0.15, 0.2) is 0 Å². The van der Waals surface area contributed by atoms with Gasteiger partial charge in [0.2, 0.25) is 5.35 Å². The zero-order valence-electron chi connectivity index (χ0n) is 14.8. The predicted octanol–water partition coefficient (Wildman–Crippen LogP) is 2.28. The number of benzene rings is 3. The SMILES string of the molecule is Cc1ccn2nc(-c3ccc4ccccc4c3)/c(=C(\[O-])c3ccccc3)[n+]12. The molecule has 0 aliphatic rings. The van der Waals surface area contributed by atoms with Gasteiger partial charge in [-0.25, -0.2) is 0 Å². The molecular weight excluding hydrogens is 334 g/mol. The Morgan fingerprint density at radius 1 is 0.889 bits per heavy atom. The Morgan fingerprint density at radius 3 is 2.44 bits per heavy atom. The lowest BCUT2D eigenvalue weighted by Crippen LogP contribution is -2.46. The average molecular weight is 351 g/mol. The summed E-state index contributed by atoms with van der Waals surface area (Å²) in [6, 6.07) is 25.7. The highest BCUT2D eigenvalue weighted by atomic mass is 16.3. The van der Waals surface area contributed by atoms with Crippen LogP contribution in [0.4, 0.5) is 0 Å². The van der Waals surface area contributed by atoms with Crippen LogP contribution in [0.1, 0.15) is 11.3 Å². The van der Waals surface area contributed by atoms with Gasteiger partial charge in [-0.15, -0.1) is 4.52 Å². The van der Waals surface area contributed by atoms with E-state index in [1.807, 2.05) is 72.2 Å². The Kier molecular flexibility index (Phi) is 3.44. The zero-order chi connectivity index (χ0) is 18.4. The maximum atomic E-state index is 13.4. The molecule has 5 rings (SSSR count). The van der Waals surface area contributed by atoms with Gasteiger partial charge >= 0.3 is 0 Å². The van der Waals surface area contributed by atoms with Crippen molar-refractivity contribution in [2.45, 2.75) is 6.92 Å². The van der Waals surface area contributed by atoms with Crippen molar-refractivity contribution in [1.82, 2.24) is 9.73 Å². The number of aryl methyl sites for hydroxylation is 1. The van der Waals surface area contributed by atoms with E-state index in [1.165, 1.54) is 5.39 Å². The monoisotopic (exact) mass is 351 g/mol. The lowest BCUT2D eigenvalue weighted by atomic mass is 10.0. The van der Waals surface area contributed by atoms with Crippen molar-refractivity contribution >= 4 is 16.5 Å². The Hall–Kier alpha value is -3.66. The normalized spacial score (nSPS) is 12.6. The third-order valence-corrected chi connectivity index (χ3v) is 4.90. The van der Waals surface area contributed by atoms with E-state index in [-0.39, 0.29) is 5.76 Å². The molecular formula is C23H17N3O. The molecule has 5 aromatic rings. The maximum Gasteiger partial charge on any atom is 0.256 e. The van der Waals surface area contributed by atoms with Crippen LogP contribution in [-0.2, 0) is 0 Å². The highest BCUT2D eigenvalue weighted by molar-refractivity contribution is 5.86. The van der Waals surface area contributed by atoms with Crippen molar-refractivity contribution in [2.75, 3.05) is 0 Å². The van der Waals surface area contributed by atoms with Crippen LogP contribution >= 0.6 is 0 Å². The number of aromatic nitrogens is 3. The van der Waals surface area contributed by atoms with Crippen molar-refractivity contribution in [3.05, 3.63) is 102 Å². The van der Waals surface area contributed by atoms with Gasteiger partial charge in [0.25, 0.3) is 5.69 Å². The highest BCUT2D eigenvalue weighted by Gasteiger charge is 2.21. The molecule has 0 aliphatic heterocycles. The summed E-state index contributed by atoms with van der Waals surface area (Å²) in [5, 5.41) is 20.9. The van der Waals surface area contributed by atoms with Gasteiger partial charge in [0.05, 0.1) is 11.3 Å². The van der Waals surface area contributed by atoms with Gasteiger partial charge in [-0.2, -0.15) is 0 Å². The van der Waals surface area contributed by atoms with Gasteiger partial charge in [0, 0.05) is 18.6 Å². The quantitative estimate of drug-likeness (QED) is 0.458. The van der Waals surface area contributed by atoms with Crippen LogP contribution < -0.4 is 15.0 Å².